The molecule has 1 N–H and O–H groups in total. The normalized spacial score (nSPS) is 22.0. The molecular formula is C10H13F7O. The number of hydrogen-bond acceptors (Lipinski definition) is 1. The fourth-order valence-corrected chi connectivity index (χ4v) is 2.12. The topological polar surface area (TPSA) is 20.2 Å². The van der Waals surface area contributed by atoms with E-state index in [9.17, 15) is 35.8 Å². The van der Waals surface area contributed by atoms with Gasteiger partial charge in [-0.25, -0.2) is 0 Å². The molecule has 0 bridgehead atoms. The van der Waals surface area contributed by atoms with Crippen LogP contribution in [0.25, 0.3) is 0 Å². The molecule has 1 rings (SSSR count). The molecule has 1 saturated carbocycles. The van der Waals surface area contributed by atoms with Gasteiger partial charge in [0.25, 0.3) is 0 Å². The zero-order valence-electron chi connectivity index (χ0n) is 9.28. The van der Waals surface area contributed by atoms with E-state index in [1.165, 1.54) is 0 Å². The minimum atomic E-state index is -6.38. The Morgan fingerprint density at radius 1 is 0.833 bits per heavy atom. The van der Waals surface area contributed by atoms with E-state index >= 15 is 0 Å². The summed E-state index contributed by atoms with van der Waals surface area (Å²) in [5.74, 6) is -13.0. The largest absolute Gasteiger partial charge is 0.459 e. The Morgan fingerprint density at radius 2 is 1.28 bits per heavy atom. The number of alkyl halides is 7. The van der Waals surface area contributed by atoms with Crippen molar-refractivity contribution >= 4 is 0 Å². The Morgan fingerprint density at radius 3 is 1.67 bits per heavy atom. The van der Waals surface area contributed by atoms with Crippen molar-refractivity contribution in [1.29, 1.82) is 0 Å². The number of halogens is 7. The lowest BCUT2D eigenvalue weighted by Gasteiger charge is -2.36. The van der Waals surface area contributed by atoms with Crippen LogP contribution in [0.15, 0.2) is 0 Å². The monoisotopic (exact) mass is 282 g/mol. The average Bonchev–Trinajstić information content (AvgIpc) is 2.27. The van der Waals surface area contributed by atoms with E-state index in [4.69, 9.17) is 0 Å². The molecule has 0 radical (unpaired) electrons. The van der Waals surface area contributed by atoms with Crippen molar-refractivity contribution in [3.05, 3.63) is 0 Å². The summed E-state index contributed by atoms with van der Waals surface area (Å²) in [4.78, 5) is 0. The van der Waals surface area contributed by atoms with Crippen molar-refractivity contribution in [2.24, 2.45) is 5.92 Å². The van der Waals surface area contributed by atoms with E-state index in [0.717, 1.165) is 0 Å². The molecule has 1 atom stereocenters. The second-order valence-corrected chi connectivity index (χ2v) is 4.54. The van der Waals surface area contributed by atoms with Crippen molar-refractivity contribution in [2.45, 2.75) is 56.2 Å². The molecule has 1 aliphatic rings. The third kappa shape index (κ3) is 2.57. The molecule has 0 aliphatic heterocycles. The molecule has 0 saturated heterocycles. The van der Waals surface area contributed by atoms with Gasteiger partial charge >= 0.3 is 18.0 Å². The molecule has 8 heteroatoms. The van der Waals surface area contributed by atoms with Gasteiger partial charge in [-0.1, -0.05) is 19.3 Å². The van der Waals surface area contributed by atoms with Gasteiger partial charge in [-0.05, 0) is 18.8 Å². The first kappa shape index (κ1) is 15.5. The van der Waals surface area contributed by atoms with Crippen LogP contribution in [0.1, 0.15) is 32.1 Å². The summed E-state index contributed by atoms with van der Waals surface area (Å²) in [6.45, 7) is 0. The van der Waals surface area contributed by atoms with Crippen LogP contribution >= 0.6 is 0 Å². The summed E-state index contributed by atoms with van der Waals surface area (Å²) < 4.78 is 87.4. The molecular weight excluding hydrogens is 269 g/mol. The molecule has 0 aromatic carbocycles. The maximum absolute atomic E-state index is 13.2. The van der Waals surface area contributed by atoms with Crippen LogP contribution in [0.3, 0.4) is 0 Å². The first-order chi connectivity index (χ1) is 8.02. The van der Waals surface area contributed by atoms with E-state index in [1.54, 1.807) is 0 Å². The molecule has 0 spiro atoms. The number of hydrogen-bond donors (Lipinski definition) is 1. The van der Waals surface area contributed by atoms with Crippen LogP contribution in [0, 0.1) is 5.92 Å². The SMILES string of the molecule is OC(C1CCCCC1)C(F)(F)C(F)(F)C(F)(F)F. The van der Waals surface area contributed by atoms with Crippen LogP contribution in [0.2, 0.25) is 0 Å². The minimum absolute atomic E-state index is 0.0324. The van der Waals surface area contributed by atoms with Gasteiger partial charge < -0.3 is 5.11 Å². The van der Waals surface area contributed by atoms with Gasteiger partial charge in [-0.2, -0.15) is 30.7 Å². The third-order valence-electron chi connectivity index (χ3n) is 3.24. The summed E-state index contributed by atoms with van der Waals surface area (Å²) >= 11 is 0. The quantitative estimate of drug-likeness (QED) is 0.781. The first-order valence-electron chi connectivity index (χ1n) is 5.52. The fourth-order valence-electron chi connectivity index (χ4n) is 2.12. The number of aliphatic hydroxyl groups excluding tert-OH is 1. The highest BCUT2D eigenvalue weighted by molar-refractivity contribution is 4.98. The lowest BCUT2D eigenvalue weighted by molar-refractivity contribution is -0.374. The smallest absolute Gasteiger partial charge is 0.386 e. The highest BCUT2D eigenvalue weighted by atomic mass is 19.4. The average molecular weight is 282 g/mol. The fraction of sp³-hybridized carbons (Fsp3) is 1.00. The summed E-state index contributed by atoms with van der Waals surface area (Å²) in [5.41, 5.74) is 0. The molecule has 18 heavy (non-hydrogen) atoms. The molecule has 1 aliphatic carbocycles. The Kier molecular flexibility index (Phi) is 4.19. The van der Waals surface area contributed by atoms with Gasteiger partial charge in [0, 0.05) is 0 Å². The van der Waals surface area contributed by atoms with E-state index in [-0.39, 0.29) is 12.8 Å². The van der Waals surface area contributed by atoms with Gasteiger partial charge in [-0.3, -0.25) is 0 Å². The Labute approximate surface area is 99.0 Å². The number of rotatable bonds is 3. The van der Waals surface area contributed by atoms with Crippen LogP contribution in [0.4, 0.5) is 30.7 Å². The molecule has 0 aromatic rings. The van der Waals surface area contributed by atoms with E-state index in [1.807, 2.05) is 0 Å². The second kappa shape index (κ2) is 4.86. The Balaban J connectivity index is 2.90. The molecule has 1 unspecified atom stereocenters. The van der Waals surface area contributed by atoms with E-state index < -0.39 is 30.0 Å². The minimum Gasteiger partial charge on any atom is -0.386 e. The van der Waals surface area contributed by atoms with Crippen molar-refractivity contribution in [1.82, 2.24) is 0 Å². The van der Waals surface area contributed by atoms with Gasteiger partial charge in [0.1, 0.15) is 6.10 Å². The molecule has 0 amide bonds. The third-order valence-corrected chi connectivity index (χ3v) is 3.24. The summed E-state index contributed by atoms with van der Waals surface area (Å²) in [7, 11) is 0. The van der Waals surface area contributed by atoms with Crippen molar-refractivity contribution in [2.75, 3.05) is 0 Å². The maximum atomic E-state index is 13.2. The standard InChI is InChI=1S/C10H13F7O/c11-8(12,9(13,14)10(15,16)17)7(18)6-4-2-1-3-5-6/h6-7,18H,1-5H2. The molecule has 1 fully saturated rings. The molecule has 108 valence electrons. The van der Waals surface area contributed by atoms with Crippen LogP contribution in [0.5, 0.6) is 0 Å². The Bertz CT molecular complexity index is 280. The highest BCUT2D eigenvalue weighted by Gasteiger charge is 2.75. The van der Waals surface area contributed by atoms with E-state index in [0.29, 0.717) is 19.3 Å². The van der Waals surface area contributed by atoms with Gasteiger partial charge in [0.05, 0.1) is 0 Å². The van der Waals surface area contributed by atoms with Crippen LogP contribution in [-0.4, -0.2) is 29.2 Å². The summed E-state index contributed by atoms with van der Waals surface area (Å²) in [5, 5.41) is 9.17. The number of aliphatic hydroxyl groups is 1. The molecule has 1 nitrogen and oxygen atoms in total. The van der Waals surface area contributed by atoms with Gasteiger partial charge in [0.15, 0.2) is 0 Å². The predicted molar refractivity (Wildman–Crippen MR) is 48.5 cm³/mol. The summed E-state index contributed by atoms with van der Waals surface area (Å²) in [6, 6.07) is 0. The van der Waals surface area contributed by atoms with Gasteiger partial charge in [0.2, 0.25) is 0 Å². The van der Waals surface area contributed by atoms with Crippen molar-refractivity contribution < 1.29 is 35.8 Å². The highest BCUT2D eigenvalue weighted by Crippen LogP contribution is 2.50. The first-order valence-corrected chi connectivity index (χ1v) is 5.52. The molecule has 0 heterocycles. The van der Waals surface area contributed by atoms with Crippen LogP contribution in [-0.2, 0) is 0 Å². The zero-order chi connectivity index (χ0) is 14.2. The molecule has 0 aromatic heterocycles. The Hall–Kier alpha value is -0.530. The lowest BCUT2D eigenvalue weighted by Crippen LogP contribution is -2.59. The van der Waals surface area contributed by atoms with Crippen molar-refractivity contribution in [3.63, 3.8) is 0 Å². The maximum Gasteiger partial charge on any atom is 0.459 e. The second-order valence-electron chi connectivity index (χ2n) is 4.54. The van der Waals surface area contributed by atoms with Gasteiger partial charge in [-0.15, -0.1) is 0 Å². The van der Waals surface area contributed by atoms with Crippen LogP contribution < -0.4 is 0 Å². The zero-order valence-corrected chi connectivity index (χ0v) is 9.28. The predicted octanol–water partition coefficient (Wildman–Crippen LogP) is 3.76. The van der Waals surface area contributed by atoms with E-state index in [2.05, 4.69) is 0 Å². The summed E-state index contributed by atoms with van der Waals surface area (Å²) in [6.07, 6.45) is -7.72. The van der Waals surface area contributed by atoms with Crippen molar-refractivity contribution in [3.8, 4) is 0 Å². The lowest BCUT2D eigenvalue weighted by atomic mass is 9.81.